The molecule has 0 unspecified atom stereocenters. The molecule has 6 aromatic rings. The quantitative estimate of drug-likeness (QED) is 0.0432. The molecule has 64 heavy (non-hydrogen) atoms. The zero-order valence-electron chi connectivity index (χ0n) is 36.8. The molecule has 2 amide bonds. The minimum absolute atomic E-state index is 0.0445. The SMILES string of the molecule is CC(=O)Nc1cc(C(=O)CN(CCCCCCN(CC(=O)c2ccc(OCc3ccccc3)c(NC(C)=O)c2)Cc2ccccc2)Cc2ccccc2)ccc1OCc1ccccc1. The molecule has 6 rings (SSSR count). The van der Waals surface area contributed by atoms with E-state index < -0.39 is 0 Å². The monoisotopic (exact) mass is 858 g/mol. The predicted octanol–water partition coefficient (Wildman–Crippen LogP) is 10.4. The number of nitrogens with one attached hydrogen (secondary N) is 2. The van der Waals surface area contributed by atoms with Gasteiger partial charge < -0.3 is 20.1 Å². The van der Waals surface area contributed by atoms with Crippen molar-refractivity contribution in [3.8, 4) is 11.5 Å². The molecule has 10 nitrogen and oxygen atoms in total. The zero-order valence-corrected chi connectivity index (χ0v) is 36.8. The van der Waals surface area contributed by atoms with Crippen LogP contribution >= 0.6 is 0 Å². The van der Waals surface area contributed by atoms with E-state index in [4.69, 9.17) is 9.47 Å². The van der Waals surface area contributed by atoms with Gasteiger partial charge in [-0.3, -0.25) is 29.0 Å². The maximum Gasteiger partial charge on any atom is 0.221 e. The number of ketones is 2. The highest BCUT2D eigenvalue weighted by Gasteiger charge is 2.19. The Kier molecular flexibility index (Phi) is 18.0. The summed E-state index contributed by atoms with van der Waals surface area (Å²) in [5.41, 5.74) is 6.16. The molecule has 0 spiro atoms. The minimum atomic E-state index is -0.248. The van der Waals surface area contributed by atoms with Crippen molar-refractivity contribution >= 4 is 34.8 Å². The number of hydrogen-bond acceptors (Lipinski definition) is 8. The van der Waals surface area contributed by atoms with Gasteiger partial charge in [-0.25, -0.2) is 0 Å². The lowest BCUT2D eigenvalue weighted by molar-refractivity contribution is -0.115. The number of unbranched alkanes of at least 4 members (excludes halogenated alkanes) is 3. The largest absolute Gasteiger partial charge is 0.487 e. The minimum Gasteiger partial charge on any atom is -0.487 e. The van der Waals surface area contributed by atoms with E-state index in [-0.39, 0.29) is 36.5 Å². The molecule has 0 aliphatic carbocycles. The fourth-order valence-corrected chi connectivity index (χ4v) is 7.43. The summed E-state index contributed by atoms with van der Waals surface area (Å²) in [4.78, 5) is 56.3. The van der Waals surface area contributed by atoms with Crippen LogP contribution in [0.5, 0.6) is 11.5 Å². The van der Waals surface area contributed by atoms with Crippen LogP contribution in [0, 0.1) is 0 Å². The maximum absolute atomic E-state index is 13.8. The van der Waals surface area contributed by atoms with E-state index >= 15 is 0 Å². The molecule has 0 aromatic heterocycles. The van der Waals surface area contributed by atoms with E-state index in [9.17, 15) is 19.2 Å². The van der Waals surface area contributed by atoms with Gasteiger partial charge in [-0.05, 0) is 84.6 Å². The third-order valence-electron chi connectivity index (χ3n) is 10.6. The van der Waals surface area contributed by atoms with Crippen molar-refractivity contribution in [3.05, 3.63) is 191 Å². The number of Topliss-reactive ketones (excluding diaryl/α,β-unsaturated/α-hetero) is 2. The number of rotatable bonds is 25. The molecule has 0 saturated heterocycles. The average molecular weight is 859 g/mol. The fraction of sp³-hybridized carbons (Fsp3) is 0.259. The Morgan fingerprint density at radius 3 is 1.12 bits per heavy atom. The standard InChI is InChI=1S/C54H58N4O6/c1-41(59)55-49-33-47(27-29-53(49)63-39-45-23-13-7-14-24-45)51(61)37-57(35-43-19-9-5-10-20-43)31-17-3-4-18-32-58(36-44-21-11-6-12-22-44)38-52(62)48-28-30-54(50(34-48)56-42(2)60)64-40-46-25-15-8-16-26-46/h5-16,19-30,33-34H,3-4,17-18,31-32,35-40H2,1-2H3,(H,55,59)(H,56,60). The van der Waals surface area contributed by atoms with Gasteiger partial charge in [0, 0.05) is 38.1 Å². The first-order chi connectivity index (χ1) is 31.2. The topological polar surface area (TPSA) is 117 Å². The Balaban J connectivity index is 1.05. The van der Waals surface area contributed by atoms with Crippen LogP contribution in [-0.2, 0) is 35.9 Å². The summed E-state index contributed by atoms with van der Waals surface area (Å²) in [6.45, 7) is 6.68. The highest BCUT2D eigenvalue weighted by atomic mass is 16.5. The third-order valence-corrected chi connectivity index (χ3v) is 10.6. The van der Waals surface area contributed by atoms with Gasteiger partial charge in [0.05, 0.1) is 24.5 Å². The van der Waals surface area contributed by atoms with Crippen molar-refractivity contribution in [2.75, 3.05) is 36.8 Å². The molecule has 2 N–H and O–H groups in total. The van der Waals surface area contributed by atoms with Crippen molar-refractivity contribution in [2.45, 2.75) is 65.8 Å². The molecule has 0 heterocycles. The number of nitrogens with zero attached hydrogens (tertiary/aromatic N) is 2. The van der Waals surface area contributed by atoms with Crippen molar-refractivity contribution in [1.29, 1.82) is 0 Å². The van der Waals surface area contributed by atoms with Crippen LogP contribution in [0.15, 0.2) is 158 Å². The number of anilines is 2. The Bertz CT molecular complexity index is 2240. The van der Waals surface area contributed by atoms with Crippen molar-refractivity contribution in [3.63, 3.8) is 0 Å². The average Bonchev–Trinajstić information content (AvgIpc) is 3.30. The van der Waals surface area contributed by atoms with Crippen molar-refractivity contribution in [1.82, 2.24) is 9.80 Å². The molecule has 0 radical (unpaired) electrons. The molecule has 0 fully saturated rings. The van der Waals surface area contributed by atoms with Crippen LogP contribution in [0.25, 0.3) is 0 Å². The Labute approximate surface area is 377 Å². The molecule has 6 aromatic carbocycles. The third kappa shape index (κ3) is 15.5. The first kappa shape index (κ1) is 46.6. The van der Waals surface area contributed by atoms with E-state index in [0.717, 1.165) is 61.0 Å². The molecule has 0 atom stereocenters. The number of ether oxygens (including phenoxy) is 2. The molecule has 10 heteroatoms. The van der Waals surface area contributed by atoms with Gasteiger partial charge >= 0.3 is 0 Å². The summed E-state index contributed by atoms with van der Waals surface area (Å²) in [5, 5.41) is 5.68. The lowest BCUT2D eigenvalue weighted by atomic mass is 10.1. The van der Waals surface area contributed by atoms with Crippen LogP contribution in [0.1, 0.15) is 82.5 Å². The van der Waals surface area contributed by atoms with E-state index in [0.29, 0.717) is 60.3 Å². The molecule has 0 aliphatic rings. The van der Waals surface area contributed by atoms with E-state index in [1.54, 1.807) is 36.4 Å². The van der Waals surface area contributed by atoms with Gasteiger partial charge in [-0.15, -0.1) is 0 Å². The number of carbonyl (C=O) groups excluding carboxylic acids is 4. The Hall–Kier alpha value is -6.88. The van der Waals surface area contributed by atoms with Crippen molar-refractivity contribution < 1.29 is 28.7 Å². The first-order valence-corrected chi connectivity index (χ1v) is 21.9. The molecule has 330 valence electrons. The van der Waals surface area contributed by atoms with Gasteiger partial charge in [0.1, 0.15) is 24.7 Å². The summed E-state index contributed by atoms with van der Waals surface area (Å²) < 4.78 is 12.1. The van der Waals surface area contributed by atoms with Crippen LogP contribution in [-0.4, -0.2) is 59.4 Å². The predicted molar refractivity (Wildman–Crippen MR) is 254 cm³/mol. The lowest BCUT2D eigenvalue weighted by Gasteiger charge is -2.23. The second kappa shape index (κ2) is 24.7. The van der Waals surface area contributed by atoms with Crippen molar-refractivity contribution in [2.24, 2.45) is 0 Å². The Morgan fingerprint density at radius 1 is 0.438 bits per heavy atom. The maximum atomic E-state index is 13.8. The van der Waals surface area contributed by atoms with E-state index in [1.807, 2.05) is 97.1 Å². The first-order valence-electron chi connectivity index (χ1n) is 21.9. The molecular weight excluding hydrogens is 801 g/mol. The number of benzene rings is 6. The van der Waals surface area contributed by atoms with Crippen LogP contribution in [0.3, 0.4) is 0 Å². The summed E-state index contributed by atoms with van der Waals surface area (Å²) >= 11 is 0. The zero-order chi connectivity index (χ0) is 44.9. The lowest BCUT2D eigenvalue weighted by Crippen LogP contribution is -2.31. The highest BCUT2D eigenvalue weighted by molar-refractivity contribution is 6.01. The van der Waals surface area contributed by atoms with E-state index in [1.165, 1.54) is 13.8 Å². The second-order valence-corrected chi connectivity index (χ2v) is 16.0. The van der Waals surface area contributed by atoms with Crippen LogP contribution in [0.2, 0.25) is 0 Å². The highest BCUT2D eigenvalue weighted by Crippen LogP contribution is 2.29. The van der Waals surface area contributed by atoms with Gasteiger partial charge in [-0.1, -0.05) is 134 Å². The van der Waals surface area contributed by atoms with Gasteiger partial charge in [0.2, 0.25) is 11.8 Å². The number of amides is 2. The summed E-state index contributed by atoms with van der Waals surface area (Å²) in [6.07, 6.45) is 3.70. The van der Waals surface area contributed by atoms with E-state index in [2.05, 4.69) is 44.7 Å². The van der Waals surface area contributed by atoms with Crippen LogP contribution in [0.4, 0.5) is 11.4 Å². The smallest absolute Gasteiger partial charge is 0.221 e. The molecule has 0 aliphatic heterocycles. The van der Waals surface area contributed by atoms with Crippen LogP contribution < -0.4 is 20.1 Å². The second-order valence-electron chi connectivity index (χ2n) is 16.0. The summed E-state index contributed by atoms with van der Waals surface area (Å²) in [6, 6.07) is 50.3. The fourth-order valence-electron chi connectivity index (χ4n) is 7.43. The van der Waals surface area contributed by atoms with Gasteiger partial charge in [-0.2, -0.15) is 0 Å². The molecular formula is C54H58N4O6. The molecule has 0 bridgehead atoms. The normalized spacial score (nSPS) is 11.0. The van der Waals surface area contributed by atoms with Gasteiger partial charge in [0.15, 0.2) is 11.6 Å². The number of carbonyl (C=O) groups is 4. The number of hydrogen-bond donors (Lipinski definition) is 2. The van der Waals surface area contributed by atoms with Gasteiger partial charge in [0.25, 0.3) is 0 Å². The summed E-state index contributed by atoms with van der Waals surface area (Å²) in [7, 11) is 0. The summed E-state index contributed by atoms with van der Waals surface area (Å²) in [5.74, 6) is 0.413. The molecule has 0 saturated carbocycles. The Morgan fingerprint density at radius 2 is 0.781 bits per heavy atom.